The Labute approximate surface area is 157 Å². The first-order valence-corrected chi connectivity index (χ1v) is 9.02. The first-order chi connectivity index (χ1) is 12.9. The summed E-state index contributed by atoms with van der Waals surface area (Å²) in [6.45, 7) is 2.11. The van der Waals surface area contributed by atoms with Crippen molar-refractivity contribution in [3.05, 3.63) is 30.1 Å². The van der Waals surface area contributed by atoms with Crippen molar-refractivity contribution in [1.82, 2.24) is 9.80 Å². The number of carbonyl (C=O) groups is 3. The van der Waals surface area contributed by atoms with Crippen LogP contribution in [0.25, 0.3) is 0 Å². The minimum atomic E-state index is -1.05. The Balaban J connectivity index is 1.84. The van der Waals surface area contributed by atoms with Gasteiger partial charge in [-0.25, -0.2) is 4.39 Å². The number of carbonyl (C=O) groups excluding carboxylic acids is 2. The molecule has 2 rings (SSSR count). The highest BCUT2D eigenvalue weighted by molar-refractivity contribution is 5.80. The minimum Gasteiger partial charge on any atom is -0.490 e. The average molecular weight is 380 g/mol. The molecule has 1 atom stereocenters. The second kappa shape index (κ2) is 9.89. The SMILES string of the molecule is CC(=O)N(CC(=O)O)C1CCCN(C(=O)CCOc2ccccc2F)CC1. The average Bonchev–Trinajstić information content (AvgIpc) is 2.87. The van der Waals surface area contributed by atoms with Gasteiger partial charge < -0.3 is 19.6 Å². The number of halogens is 1. The summed E-state index contributed by atoms with van der Waals surface area (Å²) in [7, 11) is 0. The third-order valence-corrected chi connectivity index (χ3v) is 4.61. The van der Waals surface area contributed by atoms with E-state index in [1.807, 2.05) is 0 Å². The Hall–Kier alpha value is -2.64. The van der Waals surface area contributed by atoms with Gasteiger partial charge in [0.2, 0.25) is 11.8 Å². The van der Waals surface area contributed by atoms with Gasteiger partial charge in [-0.1, -0.05) is 12.1 Å². The minimum absolute atomic E-state index is 0.0816. The Bertz CT molecular complexity index is 682. The molecule has 27 heavy (non-hydrogen) atoms. The summed E-state index contributed by atoms with van der Waals surface area (Å²) in [5.74, 6) is -1.77. The number of rotatable bonds is 7. The van der Waals surface area contributed by atoms with Crippen molar-refractivity contribution in [3.8, 4) is 5.75 Å². The third kappa shape index (κ3) is 6.23. The molecule has 1 saturated heterocycles. The first kappa shape index (κ1) is 20.7. The molecule has 1 aliphatic heterocycles. The fraction of sp³-hybridized carbons (Fsp3) is 0.526. The monoisotopic (exact) mass is 380 g/mol. The van der Waals surface area contributed by atoms with E-state index in [0.717, 1.165) is 0 Å². The van der Waals surface area contributed by atoms with Crippen molar-refractivity contribution in [3.63, 3.8) is 0 Å². The lowest BCUT2D eigenvalue weighted by atomic mass is 10.1. The number of carboxylic acids is 1. The zero-order chi connectivity index (χ0) is 19.8. The van der Waals surface area contributed by atoms with Crippen molar-refractivity contribution in [2.75, 3.05) is 26.2 Å². The van der Waals surface area contributed by atoms with E-state index in [-0.39, 0.29) is 43.2 Å². The van der Waals surface area contributed by atoms with E-state index in [2.05, 4.69) is 0 Å². The van der Waals surface area contributed by atoms with Gasteiger partial charge >= 0.3 is 5.97 Å². The number of ether oxygens (including phenoxy) is 1. The number of likely N-dealkylation sites (tertiary alicyclic amines) is 1. The molecule has 1 unspecified atom stereocenters. The normalized spacial score (nSPS) is 17.1. The molecule has 1 fully saturated rings. The number of benzene rings is 1. The molecule has 0 radical (unpaired) electrons. The summed E-state index contributed by atoms with van der Waals surface area (Å²) < 4.78 is 18.8. The Kier molecular flexibility index (Phi) is 7.57. The molecule has 0 saturated carbocycles. The van der Waals surface area contributed by atoms with E-state index in [4.69, 9.17) is 9.84 Å². The van der Waals surface area contributed by atoms with Crippen LogP contribution in [-0.4, -0.2) is 65.0 Å². The van der Waals surface area contributed by atoms with Crippen LogP contribution in [0.3, 0.4) is 0 Å². The molecule has 1 aliphatic rings. The summed E-state index contributed by atoms with van der Waals surface area (Å²) in [6.07, 6.45) is 2.01. The van der Waals surface area contributed by atoms with Crippen molar-refractivity contribution >= 4 is 17.8 Å². The number of hydrogen-bond acceptors (Lipinski definition) is 4. The lowest BCUT2D eigenvalue weighted by Crippen LogP contribution is -2.43. The zero-order valence-electron chi connectivity index (χ0n) is 15.4. The molecule has 2 amide bonds. The van der Waals surface area contributed by atoms with E-state index in [9.17, 15) is 18.8 Å². The Morgan fingerprint density at radius 1 is 1.26 bits per heavy atom. The van der Waals surface area contributed by atoms with Gasteiger partial charge in [0.1, 0.15) is 6.54 Å². The summed E-state index contributed by atoms with van der Waals surface area (Å²) in [4.78, 5) is 38.2. The lowest BCUT2D eigenvalue weighted by molar-refractivity contribution is -0.145. The number of hydrogen-bond donors (Lipinski definition) is 1. The van der Waals surface area contributed by atoms with Crippen LogP contribution in [0.15, 0.2) is 24.3 Å². The molecule has 0 aliphatic carbocycles. The van der Waals surface area contributed by atoms with E-state index in [1.54, 1.807) is 17.0 Å². The summed E-state index contributed by atoms with van der Waals surface area (Å²) in [5, 5.41) is 8.99. The number of carboxylic acid groups (broad SMARTS) is 1. The second-order valence-corrected chi connectivity index (χ2v) is 6.54. The van der Waals surface area contributed by atoms with Gasteiger partial charge in [0, 0.05) is 26.1 Å². The third-order valence-electron chi connectivity index (χ3n) is 4.61. The predicted molar refractivity (Wildman–Crippen MR) is 95.8 cm³/mol. The van der Waals surface area contributed by atoms with Crippen molar-refractivity contribution in [1.29, 1.82) is 0 Å². The molecule has 148 valence electrons. The van der Waals surface area contributed by atoms with Crippen molar-refractivity contribution < 1.29 is 28.6 Å². The second-order valence-electron chi connectivity index (χ2n) is 6.54. The van der Waals surface area contributed by atoms with Crippen LogP contribution in [0, 0.1) is 5.82 Å². The number of aliphatic carboxylic acids is 1. The molecule has 1 heterocycles. The molecular weight excluding hydrogens is 355 g/mol. The molecule has 1 aromatic rings. The maximum atomic E-state index is 13.5. The van der Waals surface area contributed by atoms with Crippen LogP contribution in [0.4, 0.5) is 4.39 Å². The fourth-order valence-electron chi connectivity index (χ4n) is 3.25. The zero-order valence-corrected chi connectivity index (χ0v) is 15.4. The molecule has 0 spiro atoms. The largest absolute Gasteiger partial charge is 0.490 e. The van der Waals surface area contributed by atoms with Crippen molar-refractivity contribution in [2.45, 2.75) is 38.6 Å². The molecular formula is C19H25FN2O5. The topological polar surface area (TPSA) is 87.2 Å². The fourth-order valence-corrected chi connectivity index (χ4v) is 3.25. The highest BCUT2D eigenvalue weighted by Crippen LogP contribution is 2.19. The van der Waals surface area contributed by atoms with Gasteiger partial charge in [0.05, 0.1) is 13.0 Å². The van der Waals surface area contributed by atoms with Gasteiger partial charge in [-0.3, -0.25) is 14.4 Å². The highest BCUT2D eigenvalue weighted by Gasteiger charge is 2.27. The predicted octanol–water partition coefficient (Wildman–Crippen LogP) is 1.91. The Morgan fingerprint density at radius 3 is 2.67 bits per heavy atom. The highest BCUT2D eigenvalue weighted by atomic mass is 19.1. The standard InChI is InChI=1S/C19H25FN2O5/c1-14(23)22(13-19(25)26)15-5-4-10-21(11-8-15)18(24)9-12-27-17-7-3-2-6-16(17)20/h2-3,6-7,15H,4-5,8-13H2,1H3,(H,25,26). The van der Waals surface area contributed by atoms with Crippen LogP contribution < -0.4 is 4.74 Å². The maximum absolute atomic E-state index is 13.5. The quantitative estimate of drug-likeness (QED) is 0.781. The first-order valence-electron chi connectivity index (χ1n) is 9.02. The lowest BCUT2D eigenvalue weighted by Gasteiger charge is -2.28. The molecule has 1 N–H and O–H groups in total. The smallest absolute Gasteiger partial charge is 0.323 e. The van der Waals surface area contributed by atoms with Crippen LogP contribution in [-0.2, 0) is 14.4 Å². The van der Waals surface area contributed by atoms with Gasteiger partial charge in [-0.2, -0.15) is 0 Å². The van der Waals surface area contributed by atoms with Crippen LogP contribution in [0.2, 0.25) is 0 Å². The molecule has 0 aromatic heterocycles. The van der Waals surface area contributed by atoms with Gasteiger partial charge in [-0.05, 0) is 31.4 Å². The molecule has 8 heteroatoms. The van der Waals surface area contributed by atoms with Crippen LogP contribution in [0.1, 0.15) is 32.6 Å². The maximum Gasteiger partial charge on any atom is 0.323 e. The molecule has 7 nitrogen and oxygen atoms in total. The number of amides is 2. The van der Waals surface area contributed by atoms with E-state index in [0.29, 0.717) is 32.4 Å². The van der Waals surface area contributed by atoms with E-state index in [1.165, 1.54) is 24.0 Å². The molecule has 1 aromatic carbocycles. The summed E-state index contributed by atoms with van der Waals surface area (Å²) in [5.41, 5.74) is 0. The van der Waals surface area contributed by atoms with Crippen LogP contribution in [0.5, 0.6) is 5.75 Å². The summed E-state index contributed by atoms with van der Waals surface area (Å²) >= 11 is 0. The summed E-state index contributed by atoms with van der Waals surface area (Å²) in [6, 6.07) is 5.84. The van der Waals surface area contributed by atoms with Crippen LogP contribution >= 0.6 is 0 Å². The van der Waals surface area contributed by atoms with Crippen molar-refractivity contribution in [2.24, 2.45) is 0 Å². The Morgan fingerprint density at radius 2 is 2.00 bits per heavy atom. The number of para-hydroxylation sites is 1. The van der Waals surface area contributed by atoms with Gasteiger partial charge in [0.15, 0.2) is 11.6 Å². The van der Waals surface area contributed by atoms with E-state index < -0.39 is 11.8 Å². The molecule has 0 bridgehead atoms. The van der Waals surface area contributed by atoms with E-state index >= 15 is 0 Å². The number of nitrogens with zero attached hydrogens (tertiary/aromatic N) is 2. The van der Waals surface area contributed by atoms with Gasteiger partial charge in [-0.15, -0.1) is 0 Å². The van der Waals surface area contributed by atoms with Gasteiger partial charge in [0.25, 0.3) is 0 Å².